The van der Waals surface area contributed by atoms with E-state index < -0.39 is 53.8 Å². The van der Waals surface area contributed by atoms with Crippen molar-refractivity contribution in [3.05, 3.63) is 47.6 Å². The molecule has 10 heteroatoms. The van der Waals surface area contributed by atoms with Crippen LogP contribution in [-0.2, 0) is 28.7 Å². The van der Waals surface area contributed by atoms with Crippen LogP contribution in [0.2, 0.25) is 0 Å². The largest absolute Gasteiger partial charge is 0.481 e. The highest BCUT2D eigenvalue weighted by molar-refractivity contribution is 6.01. The van der Waals surface area contributed by atoms with Gasteiger partial charge in [0.05, 0.1) is 6.04 Å². The molecule has 4 rings (SSSR count). The molecule has 1 saturated heterocycles. The first-order chi connectivity index (χ1) is 19.8. The molecule has 10 nitrogen and oxygen atoms in total. The number of nitrogens with zero attached hydrogens (tertiary/aromatic N) is 2. The van der Waals surface area contributed by atoms with E-state index in [4.69, 9.17) is 4.74 Å². The quantitative estimate of drug-likeness (QED) is 0.225. The topological polar surface area (TPSA) is 142 Å². The second kappa shape index (κ2) is 12.3. The first-order valence-electron chi connectivity index (χ1n) is 14.8. The number of hydrogen-bond acceptors (Lipinski definition) is 6. The predicted octanol–water partition coefficient (Wildman–Crippen LogP) is 3.88. The molecule has 42 heavy (non-hydrogen) atoms. The molecule has 0 unspecified atom stereocenters. The van der Waals surface area contributed by atoms with Gasteiger partial charge in [-0.25, -0.2) is 9.59 Å². The van der Waals surface area contributed by atoms with E-state index in [-0.39, 0.29) is 30.2 Å². The van der Waals surface area contributed by atoms with Crippen molar-refractivity contribution in [2.45, 2.75) is 90.8 Å². The van der Waals surface area contributed by atoms with E-state index in [2.05, 4.69) is 13.8 Å². The summed E-state index contributed by atoms with van der Waals surface area (Å²) in [7, 11) is 0. The van der Waals surface area contributed by atoms with Gasteiger partial charge in [0.2, 0.25) is 5.91 Å². The van der Waals surface area contributed by atoms with E-state index in [1.807, 2.05) is 26.0 Å². The van der Waals surface area contributed by atoms with Crippen molar-refractivity contribution in [2.75, 3.05) is 13.1 Å². The molecular formula is C32H42N2O8. The lowest BCUT2D eigenvalue weighted by Crippen LogP contribution is -2.62. The Morgan fingerprint density at radius 1 is 1.05 bits per heavy atom. The Balaban J connectivity index is 1.83. The fraction of sp³-hybridized carbons (Fsp3) is 0.594. The number of aliphatic carboxylic acids is 2. The van der Waals surface area contributed by atoms with Gasteiger partial charge >= 0.3 is 17.9 Å². The van der Waals surface area contributed by atoms with E-state index in [0.29, 0.717) is 37.0 Å². The van der Waals surface area contributed by atoms with Gasteiger partial charge in [-0.15, -0.1) is 0 Å². The number of carboxylic acids is 2. The number of carbonyl (C=O) groups excluding carboxylic acids is 3. The Labute approximate surface area is 246 Å². The van der Waals surface area contributed by atoms with Gasteiger partial charge in [-0.05, 0) is 43.6 Å². The summed E-state index contributed by atoms with van der Waals surface area (Å²) in [6.07, 6.45) is 12.0. The number of carbonyl (C=O) groups is 5. The first kappa shape index (κ1) is 31.3. The van der Waals surface area contributed by atoms with Gasteiger partial charge in [0.25, 0.3) is 5.91 Å². The van der Waals surface area contributed by atoms with E-state index in [9.17, 15) is 34.2 Å². The van der Waals surface area contributed by atoms with Crippen molar-refractivity contribution >= 4 is 29.7 Å². The van der Waals surface area contributed by atoms with E-state index >= 15 is 0 Å². The molecule has 5 atom stereocenters. The maximum Gasteiger partial charge on any atom is 0.331 e. The summed E-state index contributed by atoms with van der Waals surface area (Å²) in [4.78, 5) is 67.3. The molecule has 2 amide bonds. The van der Waals surface area contributed by atoms with Crippen molar-refractivity contribution in [1.82, 2.24) is 9.80 Å². The minimum atomic E-state index is -1.33. The number of hydrogen-bond donors (Lipinski definition) is 2. The zero-order valence-corrected chi connectivity index (χ0v) is 24.9. The fourth-order valence-electron chi connectivity index (χ4n) is 7.95. The van der Waals surface area contributed by atoms with Crippen LogP contribution in [0.25, 0.3) is 0 Å². The summed E-state index contributed by atoms with van der Waals surface area (Å²) in [6.45, 7) is 8.47. The average Bonchev–Trinajstić information content (AvgIpc) is 3.46. The Kier molecular flexibility index (Phi) is 9.13. The van der Waals surface area contributed by atoms with Crippen LogP contribution in [0.1, 0.15) is 72.6 Å². The molecule has 0 radical (unpaired) electrons. The highest BCUT2D eigenvalue weighted by Crippen LogP contribution is 2.62. The predicted molar refractivity (Wildman–Crippen MR) is 154 cm³/mol. The average molecular weight is 583 g/mol. The third-order valence-electron chi connectivity index (χ3n) is 9.50. The van der Waals surface area contributed by atoms with Gasteiger partial charge in [0.15, 0.2) is 0 Å². The molecule has 0 aromatic rings. The Morgan fingerprint density at radius 2 is 1.76 bits per heavy atom. The van der Waals surface area contributed by atoms with Gasteiger partial charge < -0.3 is 24.7 Å². The van der Waals surface area contributed by atoms with Gasteiger partial charge in [0.1, 0.15) is 12.1 Å². The van der Waals surface area contributed by atoms with Crippen molar-refractivity contribution in [1.29, 1.82) is 0 Å². The number of ether oxygens (including phenoxy) is 1. The SMILES string of the molecule is C/C=C/C=C/C=C/C(=O)O[C@@H]1[C@H](N2CCCC2=O)C2=C(C(=O)N([C@H](CCC(=O)O)C(=O)O)C2)[C@@]2(C)CCCC(C)(C)[C@@H]12. The first-order valence-corrected chi connectivity index (χ1v) is 14.8. The summed E-state index contributed by atoms with van der Waals surface area (Å²) < 4.78 is 6.28. The molecule has 2 aliphatic carbocycles. The number of amides is 2. The molecule has 2 aliphatic heterocycles. The number of rotatable bonds is 10. The van der Waals surface area contributed by atoms with E-state index in [1.165, 1.54) is 11.0 Å². The lowest BCUT2D eigenvalue weighted by molar-refractivity contribution is -0.168. The number of allylic oxidation sites excluding steroid dienone is 5. The summed E-state index contributed by atoms with van der Waals surface area (Å²) >= 11 is 0. The summed E-state index contributed by atoms with van der Waals surface area (Å²) in [6, 6.07) is -2.05. The van der Waals surface area contributed by atoms with Gasteiger partial charge in [-0.1, -0.05) is 57.6 Å². The lowest BCUT2D eigenvalue weighted by Gasteiger charge is -2.58. The van der Waals surface area contributed by atoms with Crippen molar-refractivity contribution in [2.24, 2.45) is 16.7 Å². The number of likely N-dealkylation sites (tertiary alicyclic amines) is 1. The van der Waals surface area contributed by atoms with Crippen LogP contribution < -0.4 is 0 Å². The molecular weight excluding hydrogens is 540 g/mol. The summed E-state index contributed by atoms with van der Waals surface area (Å²) in [5.41, 5.74) is 0.0149. The smallest absolute Gasteiger partial charge is 0.331 e. The molecule has 1 saturated carbocycles. The van der Waals surface area contributed by atoms with Crippen molar-refractivity contribution < 1.29 is 38.9 Å². The third-order valence-corrected chi connectivity index (χ3v) is 9.50. The normalized spacial score (nSPS) is 30.0. The van der Waals surface area contributed by atoms with Crippen LogP contribution in [-0.4, -0.2) is 81.0 Å². The summed E-state index contributed by atoms with van der Waals surface area (Å²) in [5, 5.41) is 19.3. The lowest BCUT2D eigenvalue weighted by atomic mass is 9.48. The monoisotopic (exact) mass is 582 g/mol. The highest BCUT2D eigenvalue weighted by atomic mass is 16.5. The Morgan fingerprint density at radius 3 is 2.38 bits per heavy atom. The molecule has 4 aliphatic rings. The van der Waals surface area contributed by atoms with E-state index in [1.54, 1.807) is 23.1 Å². The number of carboxylic acid groups (broad SMARTS) is 2. The molecule has 0 aromatic heterocycles. The molecule has 2 N–H and O–H groups in total. The Bertz CT molecular complexity index is 1260. The van der Waals surface area contributed by atoms with Gasteiger partial charge in [-0.2, -0.15) is 0 Å². The van der Waals surface area contributed by atoms with Gasteiger partial charge in [0, 0.05) is 48.9 Å². The van der Waals surface area contributed by atoms with Crippen LogP contribution in [0.4, 0.5) is 0 Å². The summed E-state index contributed by atoms with van der Waals surface area (Å²) in [5.74, 6) is -3.82. The highest BCUT2D eigenvalue weighted by Gasteiger charge is 2.64. The van der Waals surface area contributed by atoms with Crippen molar-refractivity contribution in [3.63, 3.8) is 0 Å². The zero-order valence-electron chi connectivity index (χ0n) is 24.9. The minimum absolute atomic E-state index is 0.0576. The number of fused-ring (bicyclic) bond motifs is 2. The van der Waals surface area contributed by atoms with Gasteiger partial charge in [-0.3, -0.25) is 14.4 Å². The van der Waals surface area contributed by atoms with Crippen LogP contribution in [0.5, 0.6) is 0 Å². The Hall–Kier alpha value is -3.69. The standard InChI is InChI=1S/C32H42N2O8/c1-5-6-7-8-9-13-24(38)42-27-26(33-18-10-12-22(33)35)20-19-34(21(30(40)41)14-15-23(36)37)29(39)25(20)32(4)17-11-16-31(2,3)28(27)32/h5-9,13,21,26-28H,10-12,14-19H2,1-4H3,(H,36,37)(H,40,41)/b6-5+,8-7+,13-9+/t21-,26-,27-,28-,32-/m1/s1. The second-order valence-electron chi connectivity index (χ2n) is 12.7. The van der Waals surface area contributed by atoms with Crippen molar-refractivity contribution in [3.8, 4) is 0 Å². The fourth-order valence-corrected chi connectivity index (χ4v) is 7.95. The van der Waals surface area contributed by atoms with Crippen LogP contribution in [0.3, 0.4) is 0 Å². The van der Waals surface area contributed by atoms with Crippen LogP contribution in [0.15, 0.2) is 47.6 Å². The van der Waals surface area contributed by atoms with Crippen LogP contribution in [0, 0.1) is 16.7 Å². The molecule has 2 heterocycles. The second-order valence-corrected chi connectivity index (χ2v) is 12.7. The molecule has 0 bridgehead atoms. The molecule has 2 fully saturated rings. The third kappa shape index (κ3) is 5.80. The minimum Gasteiger partial charge on any atom is -0.481 e. The maximum absolute atomic E-state index is 14.2. The number of esters is 1. The zero-order chi connectivity index (χ0) is 30.8. The van der Waals surface area contributed by atoms with E-state index in [0.717, 1.165) is 12.8 Å². The van der Waals surface area contributed by atoms with Crippen LogP contribution >= 0.6 is 0 Å². The molecule has 0 aromatic carbocycles. The molecule has 228 valence electrons. The molecule has 0 spiro atoms. The maximum atomic E-state index is 14.2.